The minimum Gasteiger partial charge on any atom is -0.487 e. The summed E-state index contributed by atoms with van der Waals surface area (Å²) < 4.78 is 5.08. The topological polar surface area (TPSA) is 67.4 Å². The molecule has 0 saturated heterocycles. The monoisotopic (exact) mass is 350 g/mol. The average molecular weight is 351 g/mol. The fourth-order valence-electron chi connectivity index (χ4n) is 1.72. The molecule has 0 aliphatic carbocycles. The second kappa shape index (κ2) is 11.1. The molecule has 0 bridgehead atoms. The third-order valence-corrected chi connectivity index (χ3v) is 3.42. The minimum atomic E-state index is -0.264. The lowest BCUT2D eigenvalue weighted by atomic mass is 10.0. The first kappa shape index (κ1) is 21.6. The molecule has 0 heterocycles. The van der Waals surface area contributed by atoms with Crippen LogP contribution in [0.3, 0.4) is 0 Å². The van der Waals surface area contributed by atoms with Gasteiger partial charge in [0.25, 0.3) is 0 Å². The van der Waals surface area contributed by atoms with Gasteiger partial charge in [-0.15, -0.1) is 6.42 Å². The number of allylic oxidation sites excluding steroid dienone is 6. The number of halogens is 1. The van der Waals surface area contributed by atoms with Gasteiger partial charge in [-0.1, -0.05) is 23.3 Å². The quantitative estimate of drug-likeness (QED) is 0.321. The number of ether oxygens (including phenoxy) is 1. The minimum absolute atomic E-state index is 0.167. The van der Waals surface area contributed by atoms with E-state index in [0.29, 0.717) is 17.6 Å². The van der Waals surface area contributed by atoms with Crippen molar-refractivity contribution >= 4 is 23.4 Å². The number of carbonyl (C=O) groups excluding carboxylic acids is 2. The second-order valence-electron chi connectivity index (χ2n) is 4.86. The molecule has 0 aromatic carbocycles. The largest absolute Gasteiger partial charge is 0.487 e. The van der Waals surface area contributed by atoms with Crippen LogP contribution in [-0.4, -0.2) is 33.0 Å². The number of rotatable bonds is 7. The van der Waals surface area contributed by atoms with E-state index in [9.17, 15) is 9.59 Å². The molecule has 24 heavy (non-hydrogen) atoms. The van der Waals surface area contributed by atoms with E-state index in [1.165, 1.54) is 26.3 Å². The van der Waals surface area contributed by atoms with Gasteiger partial charge in [0.1, 0.15) is 0 Å². The molecule has 0 unspecified atom stereocenters. The third-order valence-electron chi connectivity index (χ3n) is 3.04. The van der Waals surface area contributed by atoms with Crippen LogP contribution in [0.25, 0.3) is 0 Å². The molecule has 0 aliphatic rings. The molecule has 2 amide bonds. The first-order valence-electron chi connectivity index (χ1n) is 7.20. The Labute approximate surface area is 148 Å². The Bertz CT molecular complexity index is 650. The van der Waals surface area contributed by atoms with Crippen molar-refractivity contribution in [1.29, 1.82) is 0 Å². The van der Waals surface area contributed by atoms with Crippen molar-refractivity contribution in [2.24, 2.45) is 0 Å². The van der Waals surface area contributed by atoms with Crippen LogP contribution in [0.4, 0.5) is 0 Å². The summed E-state index contributed by atoms with van der Waals surface area (Å²) in [5.41, 5.74) is 2.01. The van der Waals surface area contributed by atoms with Gasteiger partial charge in [0, 0.05) is 26.2 Å². The molecule has 0 aromatic heterocycles. The predicted molar refractivity (Wildman–Crippen MR) is 97.1 cm³/mol. The van der Waals surface area contributed by atoms with E-state index in [0.717, 1.165) is 5.57 Å². The molecular weight excluding hydrogens is 328 g/mol. The normalized spacial score (nSPS) is 13.6. The van der Waals surface area contributed by atoms with Gasteiger partial charge in [-0.05, 0) is 37.3 Å². The standard InChI is InChI=1S/C18H23ClN2O3/c1-7-15(24-6)18(19)14(13(3)11-17(23)21-5)9-8-12(2)10-16(22)20-4/h1,9-11H,8H2,2-6H3,(H,20,22)(H,21,23)/b12-10-,13-11-,14-9-,18-15-. The molecule has 0 rings (SSSR count). The smallest absolute Gasteiger partial charge is 0.244 e. The fraction of sp³-hybridized carbons (Fsp3) is 0.333. The number of amides is 2. The zero-order valence-electron chi connectivity index (χ0n) is 14.6. The number of carbonyl (C=O) groups is 2. The van der Waals surface area contributed by atoms with Crippen molar-refractivity contribution < 1.29 is 14.3 Å². The summed E-state index contributed by atoms with van der Waals surface area (Å²) in [6, 6.07) is 0. The number of nitrogens with one attached hydrogen (secondary N) is 2. The molecule has 6 heteroatoms. The van der Waals surface area contributed by atoms with Crippen LogP contribution in [0, 0.1) is 12.3 Å². The lowest BCUT2D eigenvalue weighted by molar-refractivity contribution is -0.116. The van der Waals surface area contributed by atoms with Gasteiger partial charge in [-0.25, -0.2) is 0 Å². The fourth-order valence-corrected chi connectivity index (χ4v) is 2.08. The van der Waals surface area contributed by atoms with E-state index in [-0.39, 0.29) is 22.6 Å². The molecule has 2 N–H and O–H groups in total. The first-order valence-corrected chi connectivity index (χ1v) is 7.58. The van der Waals surface area contributed by atoms with Crippen molar-refractivity contribution in [3.05, 3.63) is 45.7 Å². The lowest BCUT2D eigenvalue weighted by Gasteiger charge is -2.10. The van der Waals surface area contributed by atoms with Gasteiger partial charge in [0.05, 0.1) is 12.1 Å². The van der Waals surface area contributed by atoms with Crippen LogP contribution < -0.4 is 10.6 Å². The van der Waals surface area contributed by atoms with Crippen molar-refractivity contribution in [2.45, 2.75) is 20.3 Å². The second-order valence-corrected chi connectivity index (χ2v) is 5.24. The van der Waals surface area contributed by atoms with Crippen molar-refractivity contribution in [2.75, 3.05) is 21.2 Å². The van der Waals surface area contributed by atoms with E-state index < -0.39 is 0 Å². The maximum absolute atomic E-state index is 11.6. The van der Waals surface area contributed by atoms with Crippen LogP contribution in [0.2, 0.25) is 0 Å². The SMILES string of the molecule is C#C\C(OC)=C(Cl)/C(=C\C/C(C)=C\C(=O)NC)C(/C)=C\C(=O)NC. The van der Waals surface area contributed by atoms with Crippen molar-refractivity contribution in [3.8, 4) is 12.3 Å². The number of hydrogen-bond acceptors (Lipinski definition) is 3. The van der Waals surface area contributed by atoms with E-state index >= 15 is 0 Å². The van der Waals surface area contributed by atoms with Crippen molar-refractivity contribution in [3.63, 3.8) is 0 Å². The third kappa shape index (κ3) is 7.21. The number of likely N-dealkylation sites (N-methyl/N-ethyl adjacent to an activating group) is 2. The Morgan fingerprint density at radius 1 is 1.17 bits per heavy atom. The predicted octanol–water partition coefficient (Wildman–Crippen LogP) is 2.42. The van der Waals surface area contributed by atoms with E-state index in [1.54, 1.807) is 20.0 Å². The van der Waals surface area contributed by atoms with Gasteiger partial charge in [0.15, 0.2) is 5.76 Å². The zero-order chi connectivity index (χ0) is 18.7. The lowest BCUT2D eigenvalue weighted by Crippen LogP contribution is -2.15. The van der Waals surface area contributed by atoms with E-state index in [4.69, 9.17) is 22.8 Å². The molecule has 0 fully saturated rings. The van der Waals surface area contributed by atoms with Gasteiger partial charge in [-0.3, -0.25) is 9.59 Å². The molecule has 0 saturated carbocycles. The summed E-state index contributed by atoms with van der Waals surface area (Å²) in [4.78, 5) is 22.9. The average Bonchev–Trinajstić information content (AvgIpc) is 2.55. The Morgan fingerprint density at radius 2 is 1.71 bits per heavy atom. The van der Waals surface area contributed by atoms with Crippen LogP contribution >= 0.6 is 11.6 Å². The molecule has 0 spiro atoms. The summed E-state index contributed by atoms with van der Waals surface area (Å²) in [6.07, 6.45) is 10.5. The Kier molecular flexibility index (Phi) is 10.0. The Balaban J connectivity index is 5.86. The van der Waals surface area contributed by atoms with Crippen LogP contribution in [0.5, 0.6) is 0 Å². The number of terminal acetylenes is 1. The number of hydrogen-bond donors (Lipinski definition) is 2. The highest BCUT2D eigenvalue weighted by atomic mass is 35.5. The molecule has 0 aromatic rings. The van der Waals surface area contributed by atoms with Crippen LogP contribution in [0.15, 0.2) is 45.7 Å². The van der Waals surface area contributed by atoms with Gasteiger partial charge >= 0.3 is 0 Å². The van der Waals surface area contributed by atoms with Gasteiger partial charge < -0.3 is 15.4 Å². The highest BCUT2D eigenvalue weighted by Crippen LogP contribution is 2.27. The summed E-state index contributed by atoms with van der Waals surface area (Å²) in [7, 11) is 4.51. The summed E-state index contributed by atoms with van der Waals surface area (Å²) >= 11 is 6.32. The Hall–Kier alpha value is -2.45. The van der Waals surface area contributed by atoms with Crippen LogP contribution in [0.1, 0.15) is 20.3 Å². The van der Waals surface area contributed by atoms with Gasteiger partial charge in [0.2, 0.25) is 11.8 Å². The molecule has 5 nitrogen and oxygen atoms in total. The highest BCUT2D eigenvalue weighted by Gasteiger charge is 2.12. The van der Waals surface area contributed by atoms with Crippen LogP contribution in [-0.2, 0) is 14.3 Å². The Morgan fingerprint density at radius 3 is 2.17 bits per heavy atom. The molecule has 0 atom stereocenters. The van der Waals surface area contributed by atoms with Crippen molar-refractivity contribution in [1.82, 2.24) is 10.6 Å². The summed E-state index contributed by atoms with van der Waals surface area (Å²) in [6.45, 7) is 3.56. The molecule has 0 radical (unpaired) electrons. The molecule has 0 aliphatic heterocycles. The van der Waals surface area contributed by atoms with E-state index in [1.807, 2.05) is 6.92 Å². The maximum Gasteiger partial charge on any atom is 0.244 e. The van der Waals surface area contributed by atoms with Gasteiger partial charge in [-0.2, -0.15) is 0 Å². The maximum atomic E-state index is 11.6. The molecular formula is C18H23ClN2O3. The summed E-state index contributed by atoms with van der Waals surface area (Å²) in [5, 5.41) is 5.25. The zero-order valence-corrected chi connectivity index (χ0v) is 15.4. The first-order chi connectivity index (χ1) is 11.3. The summed E-state index contributed by atoms with van der Waals surface area (Å²) in [5.74, 6) is 2.07. The highest BCUT2D eigenvalue weighted by molar-refractivity contribution is 6.33. The molecule has 130 valence electrons. The number of methoxy groups -OCH3 is 1. The van der Waals surface area contributed by atoms with E-state index in [2.05, 4.69) is 16.6 Å².